The van der Waals surface area contributed by atoms with Gasteiger partial charge in [-0.2, -0.15) is 9.97 Å². The molecule has 25 heavy (non-hydrogen) atoms. The van der Waals surface area contributed by atoms with Crippen molar-refractivity contribution in [1.29, 1.82) is 0 Å². The summed E-state index contributed by atoms with van der Waals surface area (Å²) in [6.45, 7) is 6.96. The van der Waals surface area contributed by atoms with E-state index in [1.54, 1.807) is 0 Å². The zero-order chi connectivity index (χ0) is 17.6. The van der Waals surface area contributed by atoms with Crippen LogP contribution in [0.15, 0.2) is 30.6 Å². The van der Waals surface area contributed by atoms with Crippen molar-refractivity contribution >= 4 is 11.8 Å². The first-order chi connectivity index (χ1) is 12.1. The number of nitrogens with two attached hydrogens (primary N) is 1. The molecule has 0 radical (unpaired) electrons. The Balaban J connectivity index is 1.53. The lowest BCUT2D eigenvalue weighted by molar-refractivity contribution is 0.211. The first-order valence-corrected chi connectivity index (χ1v) is 8.77. The number of anilines is 2. The predicted octanol–water partition coefficient (Wildman–Crippen LogP) is 2.32. The quantitative estimate of drug-likeness (QED) is 0.832. The highest BCUT2D eigenvalue weighted by molar-refractivity contribution is 5.43. The maximum Gasteiger partial charge on any atom is 0.225 e. The second-order valence-electron chi connectivity index (χ2n) is 6.67. The van der Waals surface area contributed by atoms with Crippen molar-refractivity contribution in [2.75, 3.05) is 24.1 Å². The molecule has 3 N–H and O–H groups in total. The first kappa shape index (κ1) is 17.4. The van der Waals surface area contributed by atoms with E-state index in [1.807, 2.05) is 38.4 Å². The maximum absolute atomic E-state index is 5.79. The molecular weight excluding hydrogens is 316 g/mol. The molecule has 1 saturated heterocycles. The molecule has 3 heterocycles. The van der Waals surface area contributed by atoms with Crippen LogP contribution in [-0.4, -0.2) is 45.1 Å². The molecule has 0 bridgehead atoms. The van der Waals surface area contributed by atoms with Gasteiger partial charge in [-0.25, -0.2) is 0 Å². The average molecular weight is 342 g/mol. The number of aromatic nitrogens is 3. The largest absolute Gasteiger partial charge is 0.475 e. The number of nitrogens with one attached hydrogen (secondary N) is 1. The van der Waals surface area contributed by atoms with Gasteiger partial charge in [-0.1, -0.05) is 6.07 Å². The van der Waals surface area contributed by atoms with Gasteiger partial charge in [0.25, 0.3) is 0 Å². The summed E-state index contributed by atoms with van der Waals surface area (Å²) >= 11 is 0. The molecule has 0 saturated carbocycles. The second-order valence-corrected chi connectivity index (χ2v) is 6.67. The lowest BCUT2D eigenvalue weighted by Crippen LogP contribution is -2.38. The fourth-order valence-corrected chi connectivity index (χ4v) is 3.01. The first-order valence-electron chi connectivity index (χ1n) is 8.77. The molecule has 2 aromatic heterocycles. The van der Waals surface area contributed by atoms with Gasteiger partial charge in [0.05, 0.1) is 6.10 Å². The molecule has 0 aromatic carbocycles. The maximum atomic E-state index is 5.79. The minimum Gasteiger partial charge on any atom is -0.475 e. The van der Waals surface area contributed by atoms with Crippen molar-refractivity contribution in [3.05, 3.63) is 36.2 Å². The summed E-state index contributed by atoms with van der Waals surface area (Å²) in [6, 6.07) is 6.31. The Morgan fingerprint density at radius 1 is 1.32 bits per heavy atom. The number of hydrogen-bond donors (Lipinski definition) is 2. The molecule has 7 heteroatoms. The Kier molecular flexibility index (Phi) is 5.65. The molecule has 0 atom stereocenters. The topological polar surface area (TPSA) is 89.2 Å². The predicted molar refractivity (Wildman–Crippen MR) is 98.4 cm³/mol. The second kappa shape index (κ2) is 8.11. The third-order valence-corrected chi connectivity index (χ3v) is 4.14. The smallest absolute Gasteiger partial charge is 0.225 e. The average Bonchev–Trinajstić information content (AvgIpc) is 2.56. The van der Waals surface area contributed by atoms with E-state index < -0.39 is 0 Å². The fraction of sp³-hybridized carbons (Fsp3) is 0.500. The van der Waals surface area contributed by atoms with Crippen molar-refractivity contribution < 1.29 is 4.74 Å². The van der Waals surface area contributed by atoms with E-state index in [9.17, 15) is 0 Å². The van der Waals surface area contributed by atoms with Gasteiger partial charge in [0.2, 0.25) is 11.8 Å². The van der Waals surface area contributed by atoms with Gasteiger partial charge in [0, 0.05) is 44.1 Å². The molecule has 0 spiro atoms. The van der Waals surface area contributed by atoms with Crippen LogP contribution in [0.5, 0.6) is 5.88 Å². The Bertz CT molecular complexity index is 671. The summed E-state index contributed by atoms with van der Waals surface area (Å²) in [5.41, 5.74) is 7.05. The summed E-state index contributed by atoms with van der Waals surface area (Å²) in [5.74, 6) is 1.47. The van der Waals surface area contributed by atoms with Gasteiger partial charge in [-0.3, -0.25) is 9.88 Å². The van der Waals surface area contributed by atoms with E-state index in [0.717, 1.165) is 38.3 Å². The third-order valence-electron chi connectivity index (χ3n) is 4.14. The molecular formula is C18H26N6O. The van der Waals surface area contributed by atoms with Crippen molar-refractivity contribution in [3.8, 4) is 5.88 Å². The van der Waals surface area contributed by atoms with Gasteiger partial charge in [0.1, 0.15) is 5.82 Å². The number of piperidine rings is 1. The van der Waals surface area contributed by atoms with Crippen LogP contribution in [0.1, 0.15) is 32.3 Å². The molecule has 0 aliphatic carbocycles. The van der Waals surface area contributed by atoms with Gasteiger partial charge in [0.15, 0.2) is 0 Å². The van der Waals surface area contributed by atoms with Crippen LogP contribution in [0, 0.1) is 0 Å². The number of nitrogen functional groups attached to an aromatic ring is 1. The van der Waals surface area contributed by atoms with Crippen LogP contribution >= 0.6 is 0 Å². The zero-order valence-electron chi connectivity index (χ0n) is 14.9. The van der Waals surface area contributed by atoms with Crippen molar-refractivity contribution in [2.45, 2.75) is 45.4 Å². The molecule has 0 unspecified atom stereocenters. The summed E-state index contributed by atoms with van der Waals surface area (Å²) in [4.78, 5) is 15.0. The Morgan fingerprint density at radius 2 is 2.12 bits per heavy atom. The molecule has 134 valence electrons. The summed E-state index contributed by atoms with van der Waals surface area (Å²) in [6.07, 6.45) is 5.92. The highest BCUT2D eigenvalue weighted by Gasteiger charge is 2.20. The van der Waals surface area contributed by atoms with Crippen LogP contribution in [0.2, 0.25) is 0 Å². The lowest BCUT2D eigenvalue weighted by atomic mass is 10.0. The highest BCUT2D eigenvalue weighted by atomic mass is 16.5. The number of nitrogens with zero attached hydrogens (tertiary/aromatic N) is 4. The van der Waals surface area contributed by atoms with E-state index in [0.29, 0.717) is 11.9 Å². The standard InChI is InChI=1S/C18H26N6O/c1-13(2)25-17-10-16(22-18(19)23-17)21-15-5-8-24(9-6-15)12-14-4-3-7-20-11-14/h3-4,7,10-11,13,15H,5-6,8-9,12H2,1-2H3,(H3,19,21,22,23). The SMILES string of the molecule is CC(C)Oc1cc(NC2CCN(Cc3cccnc3)CC2)nc(N)n1. The molecule has 3 rings (SSSR count). The van der Waals surface area contributed by atoms with Crippen molar-refractivity contribution in [1.82, 2.24) is 19.9 Å². The molecule has 0 amide bonds. The number of pyridine rings is 1. The highest BCUT2D eigenvalue weighted by Crippen LogP contribution is 2.20. The fourth-order valence-electron chi connectivity index (χ4n) is 3.01. The van der Waals surface area contributed by atoms with E-state index in [4.69, 9.17) is 10.5 Å². The van der Waals surface area contributed by atoms with Crippen LogP contribution in [-0.2, 0) is 6.54 Å². The number of ether oxygens (including phenoxy) is 1. The summed E-state index contributed by atoms with van der Waals surface area (Å²) in [5, 5.41) is 3.47. The number of rotatable bonds is 6. The molecule has 1 aliphatic rings. The number of likely N-dealkylation sites (tertiary alicyclic amines) is 1. The Morgan fingerprint density at radius 3 is 2.80 bits per heavy atom. The van der Waals surface area contributed by atoms with Crippen molar-refractivity contribution in [3.63, 3.8) is 0 Å². The number of hydrogen-bond acceptors (Lipinski definition) is 7. The van der Waals surface area contributed by atoms with E-state index >= 15 is 0 Å². The Hall–Kier alpha value is -2.41. The lowest BCUT2D eigenvalue weighted by Gasteiger charge is -2.32. The Labute approximate surface area is 148 Å². The van der Waals surface area contributed by atoms with Gasteiger partial charge >= 0.3 is 0 Å². The van der Waals surface area contributed by atoms with Crippen LogP contribution in [0.3, 0.4) is 0 Å². The summed E-state index contributed by atoms with van der Waals surface area (Å²) < 4.78 is 5.62. The van der Waals surface area contributed by atoms with Gasteiger partial charge < -0.3 is 15.8 Å². The molecule has 1 fully saturated rings. The van der Waals surface area contributed by atoms with Gasteiger partial charge in [-0.15, -0.1) is 0 Å². The summed E-state index contributed by atoms with van der Waals surface area (Å²) in [7, 11) is 0. The molecule has 7 nitrogen and oxygen atoms in total. The third kappa shape index (κ3) is 5.29. The normalized spacial score (nSPS) is 16.1. The zero-order valence-corrected chi connectivity index (χ0v) is 14.9. The van der Waals surface area contributed by atoms with E-state index in [2.05, 4.69) is 31.2 Å². The monoisotopic (exact) mass is 342 g/mol. The van der Waals surface area contributed by atoms with E-state index in [1.165, 1.54) is 5.56 Å². The molecule has 1 aliphatic heterocycles. The van der Waals surface area contributed by atoms with Gasteiger partial charge in [-0.05, 0) is 38.3 Å². The molecule has 2 aromatic rings. The van der Waals surface area contributed by atoms with Crippen molar-refractivity contribution in [2.24, 2.45) is 0 Å². The minimum atomic E-state index is 0.0536. The minimum absolute atomic E-state index is 0.0536. The van der Waals surface area contributed by atoms with Crippen LogP contribution in [0.4, 0.5) is 11.8 Å². The van der Waals surface area contributed by atoms with Crippen LogP contribution in [0.25, 0.3) is 0 Å². The van der Waals surface area contributed by atoms with Crippen LogP contribution < -0.4 is 15.8 Å². The van der Waals surface area contributed by atoms with E-state index in [-0.39, 0.29) is 12.1 Å².